The van der Waals surface area contributed by atoms with Gasteiger partial charge in [0.15, 0.2) is 0 Å². The van der Waals surface area contributed by atoms with Gasteiger partial charge in [0.2, 0.25) is 5.91 Å². The van der Waals surface area contributed by atoms with Crippen LogP contribution in [-0.4, -0.2) is 54.7 Å². The number of para-hydroxylation sites is 1. The zero-order valence-electron chi connectivity index (χ0n) is 19.8. The summed E-state index contributed by atoms with van der Waals surface area (Å²) >= 11 is 4.42. The maximum atomic E-state index is 13.7. The van der Waals surface area contributed by atoms with Gasteiger partial charge in [-0.05, 0) is 55.5 Å². The number of hydrogen-bond donors (Lipinski definition) is 1. The molecule has 2 aliphatic heterocycles. The van der Waals surface area contributed by atoms with E-state index in [0.717, 1.165) is 58.1 Å². The number of rotatable bonds is 5. The normalized spacial score (nSPS) is 19.4. The lowest BCUT2D eigenvalue weighted by Crippen LogP contribution is -2.49. The number of amides is 1. The number of nitrogens with zero attached hydrogens (tertiary/aromatic N) is 3. The molecule has 0 bridgehead atoms. The Bertz CT molecular complexity index is 1490. The molecule has 0 radical (unpaired) electrons. The predicted molar refractivity (Wildman–Crippen MR) is 147 cm³/mol. The molecule has 0 spiro atoms. The van der Waals surface area contributed by atoms with Gasteiger partial charge < -0.3 is 10.2 Å². The lowest BCUT2D eigenvalue weighted by molar-refractivity contribution is -0.120. The molecule has 1 saturated heterocycles. The molecule has 1 unspecified atom stereocenters. The molecule has 1 N–H and O–H groups in total. The minimum Gasteiger partial charge on any atom is -0.316 e. The highest BCUT2D eigenvalue weighted by Gasteiger charge is 2.39. The van der Waals surface area contributed by atoms with Crippen LogP contribution in [0.25, 0.3) is 20.8 Å². The average Bonchev–Trinajstić information content (AvgIpc) is 3.62. The van der Waals surface area contributed by atoms with Crippen LogP contribution < -0.4 is 5.32 Å². The Hall–Kier alpha value is -2.15. The van der Waals surface area contributed by atoms with E-state index in [1.807, 2.05) is 18.2 Å². The Kier molecular flexibility index (Phi) is 6.47. The van der Waals surface area contributed by atoms with Crippen LogP contribution in [0.2, 0.25) is 0 Å². The number of benzene rings is 1. The number of aromatic nitrogens is 1. The van der Waals surface area contributed by atoms with Crippen molar-refractivity contribution in [2.24, 2.45) is 0 Å². The van der Waals surface area contributed by atoms with Crippen LogP contribution >= 0.6 is 34.0 Å². The van der Waals surface area contributed by atoms with E-state index in [9.17, 15) is 13.2 Å². The molecule has 36 heavy (non-hydrogen) atoms. The second-order valence-electron chi connectivity index (χ2n) is 9.23. The van der Waals surface area contributed by atoms with Crippen molar-refractivity contribution >= 4 is 65.2 Å². The number of piperidine rings is 1. The molecule has 11 heteroatoms. The maximum absolute atomic E-state index is 13.7. The first-order valence-electron chi connectivity index (χ1n) is 12.0. The molecule has 0 saturated carbocycles. The summed E-state index contributed by atoms with van der Waals surface area (Å²) in [5.41, 5.74) is 3.20. The molecule has 4 aromatic rings. The number of carbonyl (C=O) groups excluding carboxylic acids is 1. The molecule has 5 heterocycles. The van der Waals surface area contributed by atoms with Crippen molar-refractivity contribution in [1.29, 1.82) is 0 Å². The van der Waals surface area contributed by atoms with Crippen molar-refractivity contribution in [2.75, 3.05) is 25.5 Å². The maximum Gasteiger partial charge on any atom is 0.253 e. The standard InChI is InChI=1S/C25H26N4O3S4/c1-28-13-11-16-20(15-28)35-25(22(16)24-26-17-7-2-3-9-19(17)34-24)27-23(30)18-8-4-5-12-29(18)36(31,32)21-10-6-14-33-21/h2-3,6-7,9-10,14,18H,4-5,8,11-13,15H2,1H3,(H,27,30). The van der Waals surface area contributed by atoms with E-state index in [0.29, 0.717) is 13.0 Å². The van der Waals surface area contributed by atoms with Gasteiger partial charge in [-0.3, -0.25) is 4.79 Å². The fraction of sp³-hybridized carbons (Fsp3) is 0.360. The van der Waals surface area contributed by atoms with Crippen molar-refractivity contribution < 1.29 is 13.2 Å². The smallest absolute Gasteiger partial charge is 0.253 e. The fourth-order valence-corrected chi connectivity index (χ4v) is 10.2. The number of carbonyl (C=O) groups is 1. The van der Waals surface area contributed by atoms with E-state index < -0.39 is 16.1 Å². The first-order valence-corrected chi connectivity index (χ1v) is 15.9. The van der Waals surface area contributed by atoms with Crippen LogP contribution in [0.4, 0.5) is 5.00 Å². The molecule has 0 aliphatic carbocycles. The first kappa shape index (κ1) is 24.2. The number of thiophene rings is 2. The molecule has 7 nitrogen and oxygen atoms in total. The topological polar surface area (TPSA) is 82.6 Å². The summed E-state index contributed by atoms with van der Waals surface area (Å²) < 4.78 is 29.5. The molecular weight excluding hydrogens is 533 g/mol. The molecule has 1 amide bonds. The number of nitrogens with one attached hydrogen (secondary N) is 1. The van der Waals surface area contributed by atoms with Crippen LogP contribution in [0.5, 0.6) is 0 Å². The van der Waals surface area contributed by atoms with Gasteiger partial charge in [-0.15, -0.1) is 34.0 Å². The van der Waals surface area contributed by atoms with Crippen LogP contribution in [0.1, 0.15) is 29.7 Å². The number of sulfonamides is 1. The van der Waals surface area contributed by atoms with Crippen LogP contribution in [-0.2, 0) is 27.8 Å². The lowest BCUT2D eigenvalue weighted by atomic mass is 10.0. The highest BCUT2D eigenvalue weighted by Crippen LogP contribution is 2.45. The first-order chi connectivity index (χ1) is 17.4. The Morgan fingerprint density at radius 3 is 2.78 bits per heavy atom. The minimum absolute atomic E-state index is 0.260. The molecular formula is C25H26N4O3S4. The van der Waals surface area contributed by atoms with Gasteiger partial charge in [0.1, 0.15) is 20.3 Å². The van der Waals surface area contributed by atoms with Crippen LogP contribution in [0.15, 0.2) is 46.0 Å². The second-order valence-corrected chi connectivity index (χ2v) is 14.4. The third-order valence-corrected chi connectivity index (χ3v) is 12.3. The van der Waals surface area contributed by atoms with Crippen molar-refractivity contribution in [3.8, 4) is 10.6 Å². The Morgan fingerprint density at radius 2 is 1.97 bits per heavy atom. The summed E-state index contributed by atoms with van der Waals surface area (Å²) in [6.07, 6.45) is 2.99. The molecule has 1 atom stereocenters. The Labute approximate surface area is 222 Å². The molecule has 6 rings (SSSR count). The number of likely N-dealkylation sites (N-methyl/N-ethyl adjacent to an activating group) is 1. The Morgan fingerprint density at radius 1 is 1.11 bits per heavy atom. The summed E-state index contributed by atoms with van der Waals surface area (Å²) in [5.74, 6) is -0.260. The van der Waals surface area contributed by atoms with Gasteiger partial charge in [0, 0.05) is 30.1 Å². The highest BCUT2D eigenvalue weighted by atomic mass is 32.2. The second kappa shape index (κ2) is 9.62. The van der Waals surface area contributed by atoms with E-state index in [2.05, 4.69) is 23.3 Å². The van der Waals surface area contributed by atoms with Crippen molar-refractivity contribution in [3.05, 3.63) is 52.2 Å². The van der Waals surface area contributed by atoms with Gasteiger partial charge in [0.25, 0.3) is 10.0 Å². The predicted octanol–water partition coefficient (Wildman–Crippen LogP) is 5.26. The zero-order valence-corrected chi connectivity index (χ0v) is 23.0. The van der Waals surface area contributed by atoms with E-state index in [1.54, 1.807) is 40.2 Å². The summed E-state index contributed by atoms with van der Waals surface area (Å²) in [7, 11) is -1.61. The van der Waals surface area contributed by atoms with Crippen molar-refractivity contribution in [2.45, 2.75) is 42.5 Å². The largest absolute Gasteiger partial charge is 0.316 e. The van der Waals surface area contributed by atoms with Gasteiger partial charge in [-0.2, -0.15) is 4.31 Å². The van der Waals surface area contributed by atoms with Gasteiger partial charge >= 0.3 is 0 Å². The Balaban J connectivity index is 1.37. The monoisotopic (exact) mass is 558 g/mol. The average molecular weight is 559 g/mol. The lowest BCUT2D eigenvalue weighted by Gasteiger charge is -2.33. The van der Waals surface area contributed by atoms with E-state index >= 15 is 0 Å². The number of thiazole rings is 1. The molecule has 2 aliphatic rings. The molecule has 3 aromatic heterocycles. The third kappa shape index (κ3) is 4.31. The number of hydrogen-bond acceptors (Lipinski definition) is 8. The molecule has 1 fully saturated rings. The summed E-state index contributed by atoms with van der Waals surface area (Å²) in [4.78, 5) is 22.1. The van der Waals surface area contributed by atoms with Gasteiger partial charge in [-0.1, -0.05) is 24.6 Å². The van der Waals surface area contributed by atoms with E-state index in [-0.39, 0.29) is 10.1 Å². The van der Waals surface area contributed by atoms with Crippen molar-refractivity contribution in [1.82, 2.24) is 14.2 Å². The zero-order chi connectivity index (χ0) is 24.9. The number of anilines is 1. The summed E-state index contributed by atoms with van der Waals surface area (Å²) in [6, 6.07) is 10.7. The van der Waals surface area contributed by atoms with E-state index in [1.165, 1.54) is 26.1 Å². The summed E-state index contributed by atoms with van der Waals surface area (Å²) in [5, 5.41) is 6.60. The summed E-state index contributed by atoms with van der Waals surface area (Å²) in [6.45, 7) is 2.13. The SMILES string of the molecule is CN1CCc2c(sc(NC(=O)C3CCCCN3S(=O)(=O)c3cccs3)c2-c2nc3ccccc3s2)C1. The molecule has 188 valence electrons. The number of fused-ring (bicyclic) bond motifs is 2. The highest BCUT2D eigenvalue weighted by molar-refractivity contribution is 7.91. The van der Waals surface area contributed by atoms with Gasteiger partial charge in [0.05, 0.1) is 10.2 Å². The van der Waals surface area contributed by atoms with E-state index in [4.69, 9.17) is 4.98 Å². The van der Waals surface area contributed by atoms with Gasteiger partial charge in [-0.25, -0.2) is 13.4 Å². The van der Waals surface area contributed by atoms with Crippen LogP contribution in [0.3, 0.4) is 0 Å². The third-order valence-electron chi connectivity index (χ3n) is 6.81. The van der Waals surface area contributed by atoms with Crippen LogP contribution in [0, 0.1) is 0 Å². The fourth-order valence-electron chi connectivity index (χ4n) is 5.00. The van der Waals surface area contributed by atoms with Crippen molar-refractivity contribution in [3.63, 3.8) is 0 Å². The quantitative estimate of drug-likeness (QED) is 0.362. The minimum atomic E-state index is -3.72. The molecule has 1 aromatic carbocycles.